The summed E-state index contributed by atoms with van der Waals surface area (Å²) in [4.78, 5) is 11.0. The smallest absolute Gasteiger partial charge is 0.155 e. The molecule has 318 valence electrons. The number of aliphatic imine (C=N–C) groups is 2. The first-order valence-corrected chi connectivity index (χ1v) is 23.8. The van der Waals surface area contributed by atoms with Gasteiger partial charge < -0.3 is 0 Å². The molecule has 0 saturated heterocycles. The Morgan fingerprint density at radius 3 is 1.63 bits per heavy atom. The SMILES string of the molecule is Cc1ccc(C2(c3ccc(C)cc3)c3ccccc3-c3cc4c(cc32)c2ccc(/C3=N/C(c5ccccc5)=N\C(c5ccccc5)CCC3)cc2c2c3ccccc3c3ccccc3c42)cc1. The van der Waals surface area contributed by atoms with Gasteiger partial charge in [-0.1, -0.05) is 205 Å². The van der Waals surface area contributed by atoms with Crippen LogP contribution in [0.15, 0.2) is 222 Å². The molecule has 2 nitrogen and oxygen atoms in total. The van der Waals surface area contributed by atoms with Crippen molar-refractivity contribution >= 4 is 65.4 Å². The third-order valence-corrected chi connectivity index (χ3v) is 14.9. The Labute approximate surface area is 391 Å². The van der Waals surface area contributed by atoms with Crippen molar-refractivity contribution < 1.29 is 0 Å². The molecule has 0 amide bonds. The molecule has 0 N–H and O–H groups in total. The fraction of sp³-hybridized carbons (Fsp3) is 0.108. The van der Waals surface area contributed by atoms with Gasteiger partial charge >= 0.3 is 0 Å². The minimum absolute atomic E-state index is 0.0491. The van der Waals surface area contributed by atoms with Crippen LogP contribution in [0.2, 0.25) is 0 Å². The van der Waals surface area contributed by atoms with Crippen LogP contribution in [-0.4, -0.2) is 11.5 Å². The molecule has 13 rings (SSSR count). The van der Waals surface area contributed by atoms with Crippen LogP contribution in [0.4, 0.5) is 0 Å². The summed E-state index contributed by atoms with van der Waals surface area (Å²) in [5, 5.41) is 12.7. The molecule has 0 bridgehead atoms. The van der Waals surface area contributed by atoms with Crippen molar-refractivity contribution in [3.05, 3.63) is 262 Å². The van der Waals surface area contributed by atoms with Crippen molar-refractivity contribution in [3.8, 4) is 11.1 Å². The molecule has 1 aliphatic carbocycles. The fourth-order valence-corrected chi connectivity index (χ4v) is 11.8. The summed E-state index contributed by atoms with van der Waals surface area (Å²) >= 11 is 0. The van der Waals surface area contributed by atoms with E-state index in [0.717, 1.165) is 41.9 Å². The summed E-state index contributed by atoms with van der Waals surface area (Å²) in [7, 11) is 0. The van der Waals surface area contributed by atoms with Crippen LogP contribution in [0.3, 0.4) is 0 Å². The van der Waals surface area contributed by atoms with Gasteiger partial charge in [0.15, 0.2) is 5.84 Å². The van der Waals surface area contributed by atoms with Crippen molar-refractivity contribution in [2.24, 2.45) is 9.98 Å². The second-order valence-electron chi connectivity index (χ2n) is 18.8. The van der Waals surface area contributed by atoms with Crippen LogP contribution in [0.5, 0.6) is 0 Å². The monoisotopic (exact) mass is 856 g/mol. The Hall–Kier alpha value is -7.94. The summed E-state index contributed by atoms with van der Waals surface area (Å²) in [5.74, 6) is 0.794. The van der Waals surface area contributed by atoms with E-state index in [4.69, 9.17) is 9.98 Å². The Kier molecular flexibility index (Phi) is 9.18. The number of benzene rings is 11. The molecule has 0 spiro atoms. The normalized spacial score (nSPS) is 17.1. The van der Waals surface area contributed by atoms with Gasteiger partial charge in [0.1, 0.15) is 0 Å². The summed E-state index contributed by atoms with van der Waals surface area (Å²) in [6, 6.07) is 79.4. The summed E-state index contributed by atoms with van der Waals surface area (Å²) < 4.78 is 0. The van der Waals surface area contributed by atoms with Crippen LogP contribution in [0.25, 0.3) is 65.0 Å². The Bertz CT molecular complexity index is 3780. The molecule has 0 fully saturated rings. The minimum Gasteiger partial charge on any atom is -0.258 e. The summed E-state index contributed by atoms with van der Waals surface area (Å²) in [6.45, 7) is 4.37. The third-order valence-electron chi connectivity index (χ3n) is 14.9. The van der Waals surface area contributed by atoms with Gasteiger partial charge in [0.2, 0.25) is 0 Å². The van der Waals surface area contributed by atoms with Crippen LogP contribution >= 0.6 is 0 Å². The predicted molar refractivity (Wildman–Crippen MR) is 283 cm³/mol. The number of rotatable bonds is 5. The van der Waals surface area contributed by atoms with Gasteiger partial charge in [-0.05, 0) is 150 Å². The highest BCUT2D eigenvalue weighted by atomic mass is 15.0. The van der Waals surface area contributed by atoms with Crippen molar-refractivity contribution in [2.75, 3.05) is 0 Å². The summed E-state index contributed by atoms with van der Waals surface area (Å²) in [5.41, 5.74) is 14.3. The zero-order valence-corrected chi connectivity index (χ0v) is 37.8. The second kappa shape index (κ2) is 15.6. The first-order chi connectivity index (χ1) is 33.0. The lowest BCUT2D eigenvalue weighted by atomic mass is 9.67. The van der Waals surface area contributed by atoms with Gasteiger partial charge in [-0.3, -0.25) is 4.99 Å². The molecule has 67 heavy (non-hydrogen) atoms. The minimum atomic E-state index is -0.521. The van der Waals surface area contributed by atoms with Gasteiger partial charge in [-0.2, -0.15) is 0 Å². The average Bonchev–Trinajstić information content (AvgIpc) is 3.66. The van der Waals surface area contributed by atoms with Gasteiger partial charge in [0.25, 0.3) is 0 Å². The molecule has 0 aromatic heterocycles. The highest BCUT2D eigenvalue weighted by Gasteiger charge is 2.46. The van der Waals surface area contributed by atoms with Crippen LogP contribution < -0.4 is 0 Å². The van der Waals surface area contributed by atoms with E-state index in [9.17, 15) is 0 Å². The Balaban J connectivity index is 1.14. The number of aryl methyl sites for hydroxylation is 2. The molecular formula is C65H48N2. The zero-order valence-electron chi connectivity index (χ0n) is 37.8. The fourth-order valence-electron chi connectivity index (χ4n) is 11.8. The molecule has 1 atom stereocenters. The molecule has 2 heteroatoms. The van der Waals surface area contributed by atoms with Crippen LogP contribution in [0.1, 0.15) is 75.4 Å². The van der Waals surface area contributed by atoms with E-state index in [1.54, 1.807) is 0 Å². The van der Waals surface area contributed by atoms with Crippen molar-refractivity contribution in [2.45, 2.75) is 44.6 Å². The highest BCUT2D eigenvalue weighted by molar-refractivity contribution is 6.40. The molecule has 11 aromatic rings. The van der Waals surface area contributed by atoms with E-state index in [1.807, 2.05) is 0 Å². The number of hydrogen-bond donors (Lipinski definition) is 0. The molecule has 1 unspecified atom stereocenters. The van der Waals surface area contributed by atoms with Crippen LogP contribution in [0, 0.1) is 13.8 Å². The lowest BCUT2D eigenvalue weighted by Crippen LogP contribution is -2.28. The maximum atomic E-state index is 5.55. The maximum Gasteiger partial charge on any atom is 0.155 e. The standard InChI is InChI=1S/C65H48N2/c1-41-28-33-46(34-29-41)65(47-35-30-42(2)31-36-47)58-25-14-13-22-51(58)55-39-57-54(40-59(55)65)50-37-32-45(38-56(50)62-52-23-11-9-20-48(52)49-21-10-12-24-53(49)63(57)62)61-27-15-26-60(43-16-5-3-6-17-43)66-64(67-61)44-18-7-4-8-19-44/h3-14,16-25,28-40,60H,15,26-27H2,1-2H3/b66-64-,67-61+. The van der Waals surface area contributed by atoms with E-state index in [0.29, 0.717) is 0 Å². The number of hydrogen-bond acceptors (Lipinski definition) is 2. The van der Waals surface area contributed by atoms with E-state index < -0.39 is 5.41 Å². The number of fused-ring (bicyclic) bond motifs is 14. The molecule has 1 heterocycles. The molecule has 11 aromatic carbocycles. The number of nitrogens with zero attached hydrogens (tertiary/aromatic N) is 2. The number of amidine groups is 1. The van der Waals surface area contributed by atoms with Crippen molar-refractivity contribution in [1.29, 1.82) is 0 Å². The second-order valence-corrected chi connectivity index (χ2v) is 18.8. The molecule has 2 aliphatic rings. The van der Waals surface area contributed by atoms with Gasteiger partial charge in [-0.25, -0.2) is 4.99 Å². The zero-order chi connectivity index (χ0) is 44.6. The highest BCUT2D eigenvalue weighted by Crippen LogP contribution is 2.58. The van der Waals surface area contributed by atoms with E-state index >= 15 is 0 Å². The Morgan fingerprint density at radius 2 is 0.970 bits per heavy atom. The quantitative estimate of drug-likeness (QED) is 0.154. The third kappa shape index (κ3) is 6.16. The van der Waals surface area contributed by atoms with Crippen molar-refractivity contribution in [3.63, 3.8) is 0 Å². The first kappa shape index (κ1) is 39.4. The largest absolute Gasteiger partial charge is 0.258 e. The molecule has 0 radical (unpaired) electrons. The molecule has 1 aliphatic heterocycles. The Morgan fingerprint density at radius 1 is 0.418 bits per heavy atom. The van der Waals surface area contributed by atoms with Crippen molar-refractivity contribution in [1.82, 2.24) is 0 Å². The topological polar surface area (TPSA) is 24.7 Å². The van der Waals surface area contributed by atoms with Crippen LogP contribution in [-0.2, 0) is 5.41 Å². The first-order valence-electron chi connectivity index (χ1n) is 23.8. The maximum absolute atomic E-state index is 5.55. The molecule has 0 saturated carbocycles. The van der Waals surface area contributed by atoms with E-state index in [1.165, 1.54) is 104 Å². The van der Waals surface area contributed by atoms with Gasteiger partial charge in [0.05, 0.1) is 17.2 Å². The van der Waals surface area contributed by atoms with Gasteiger partial charge in [-0.15, -0.1) is 0 Å². The average molecular weight is 857 g/mol. The van der Waals surface area contributed by atoms with E-state index in [-0.39, 0.29) is 6.04 Å². The molecular weight excluding hydrogens is 809 g/mol. The lowest BCUT2D eigenvalue weighted by molar-refractivity contribution is 0.622. The predicted octanol–water partition coefficient (Wildman–Crippen LogP) is 16.6. The summed E-state index contributed by atoms with van der Waals surface area (Å²) in [6.07, 6.45) is 2.80. The van der Waals surface area contributed by atoms with E-state index in [2.05, 4.69) is 226 Å². The van der Waals surface area contributed by atoms with Gasteiger partial charge in [0, 0.05) is 5.56 Å². The lowest BCUT2D eigenvalue weighted by Gasteiger charge is -2.34.